The third-order valence-electron chi connectivity index (χ3n) is 3.38. The number of nitrogens with one attached hydrogen (secondary N) is 1. The molecule has 4 N–H and O–H groups in total. The molecule has 1 rings (SSSR count). The van der Waals surface area contributed by atoms with Gasteiger partial charge in [0.2, 0.25) is 0 Å². The van der Waals surface area contributed by atoms with E-state index in [-0.39, 0.29) is 0 Å². The van der Waals surface area contributed by atoms with E-state index in [2.05, 4.69) is 12.2 Å². The Morgan fingerprint density at radius 1 is 1.36 bits per heavy atom. The summed E-state index contributed by atoms with van der Waals surface area (Å²) < 4.78 is 0. The fraction of sp³-hybridized carbons (Fsp3) is 1.00. The minimum atomic E-state index is 0.351. The summed E-state index contributed by atoms with van der Waals surface area (Å²) in [4.78, 5) is 0. The van der Waals surface area contributed by atoms with E-state index in [1.165, 1.54) is 25.7 Å². The molecule has 0 aromatic heterocycles. The molecule has 1 fully saturated rings. The van der Waals surface area contributed by atoms with Gasteiger partial charge in [-0.2, -0.15) is 0 Å². The Balaban J connectivity index is 2.26. The third-order valence-corrected chi connectivity index (χ3v) is 3.38. The number of aliphatic hydroxyl groups excluding tert-OH is 1. The van der Waals surface area contributed by atoms with Crippen molar-refractivity contribution in [3.8, 4) is 0 Å². The summed E-state index contributed by atoms with van der Waals surface area (Å²) in [5.41, 5.74) is 5.54. The Labute approximate surface area is 87.1 Å². The van der Waals surface area contributed by atoms with E-state index in [0.29, 0.717) is 31.0 Å². The fourth-order valence-corrected chi connectivity index (χ4v) is 2.23. The molecule has 1 saturated carbocycles. The molecular formula is C11H24N2O. The topological polar surface area (TPSA) is 58.3 Å². The molecule has 0 saturated heterocycles. The van der Waals surface area contributed by atoms with Gasteiger partial charge >= 0.3 is 0 Å². The SMILES string of the molecule is CC(CN)NCC1CCCCC1CO. The maximum absolute atomic E-state index is 9.23. The first-order chi connectivity index (χ1) is 6.77. The van der Waals surface area contributed by atoms with Gasteiger partial charge in [0.1, 0.15) is 0 Å². The van der Waals surface area contributed by atoms with Gasteiger partial charge in [0.25, 0.3) is 0 Å². The lowest BCUT2D eigenvalue weighted by atomic mass is 9.79. The molecule has 3 nitrogen and oxygen atoms in total. The smallest absolute Gasteiger partial charge is 0.0462 e. The molecule has 0 spiro atoms. The van der Waals surface area contributed by atoms with Crippen LogP contribution in [0.2, 0.25) is 0 Å². The van der Waals surface area contributed by atoms with Crippen molar-refractivity contribution < 1.29 is 5.11 Å². The molecule has 0 amide bonds. The number of aliphatic hydroxyl groups is 1. The fourth-order valence-electron chi connectivity index (χ4n) is 2.23. The minimum absolute atomic E-state index is 0.351. The van der Waals surface area contributed by atoms with Gasteiger partial charge in [0, 0.05) is 19.2 Å². The molecule has 1 aliphatic rings. The van der Waals surface area contributed by atoms with Crippen LogP contribution in [-0.4, -0.2) is 30.8 Å². The summed E-state index contributed by atoms with van der Waals surface area (Å²) in [5, 5.41) is 12.7. The molecule has 0 aromatic rings. The zero-order valence-corrected chi connectivity index (χ0v) is 9.21. The summed E-state index contributed by atoms with van der Waals surface area (Å²) in [7, 11) is 0. The molecule has 3 heteroatoms. The van der Waals surface area contributed by atoms with Crippen molar-refractivity contribution in [2.24, 2.45) is 17.6 Å². The largest absolute Gasteiger partial charge is 0.396 e. The highest BCUT2D eigenvalue weighted by Gasteiger charge is 2.24. The average molecular weight is 200 g/mol. The lowest BCUT2D eigenvalue weighted by Gasteiger charge is -2.31. The number of hydrogen-bond donors (Lipinski definition) is 3. The van der Waals surface area contributed by atoms with Gasteiger partial charge in [-0.3, -0.25) is 0 Å². The van der Waals surface area contributed by atoms with E-state index >= 15 is 0 Å². The zero-order valence-electron chi connectivity index (χ0n) is 9.21. The molecule has 0 radical (unpaired) electrons. The van der Waals surface area contributed by atoms with Gasteiger partial charge in [0.05, 0.1) is 0 Å². The quantitative estimate of drug-likeness (QED) is 0.613. The van der Waals surface area contributed by atoms with Crippen LogP contribution in [0, 0.1) is 11.8 Å². The Hall–Kier alpha value is -0.120. The summed E-state index contributed by atoms with van der Waals surface area (Å²) in [5.74, 6) is 1.17. The van der Waals surface area contributed by atoms with Crippen molar-refractivity contribution in [3.05, 3.63) is 0 Å². The van der Waals surface area contributed by atoms with Crippen LogP contribution in [0.5, 0.6) is 0 Å². The van der Waals surface area contributed by atoms with Crippen molar-refractivity contribution in [2.45, 2.75) is 38.6 Å². The molecule has 0 aliphatic heterocycles. The van der Waals surface area contributed by atoms with Crippen molar-refractivity contribution in [2.75, 3.05) is 19.7 Å². The second-order valence-corrected chi connectivity index (χ2v) is 4.53. The van der Waals surface area contributed by atoms with Crippen LogP contribution in [-0.2, 0) is 0 Å². The maximum Gasteiger partial charge on any atom is 0.0462 e. The summed E-state index contributed by atoms with van der Waals surface area (Å²) in [6.45, 7) is 4.17. The Morgan fingerprint density at radius 3 is 2.57 bits per heavy atom. The van der Waals surface area contributed by atoms with E-state index in [4.69, 9.17) is 5.73 Å². The second kappa shape index (κ2) is 6.38. The third kappa shape index (κ3) is 3.56. The second-order valence-electron chi connectivity index (χ2n) is 4.53. The van der Waals surface area contributed by atoms with Gasteiger partial charge in [0.15, 0.2) is 0 Å². The highest BCUT2D eigenvalue weighted by atomic mass is 16.3. The highest BCUT2D eigenvalue weighted by molar-refractivity contribution is 4.77. The van der Waals surface area contributed by atoms with Crippen molar-refractivity contribution in [1.82, 2.24) is 5.32 Å². The molecule has 3 atom stereocenters. The normalized spacial score (nSPS) is 30.2. The summed E-state index contributed by atoms with van der Waals surface area (Å²) >= 11 is 0. The Kier molecular flexibility index (Phi) is 5.45. The molecule has 3 unspecified atom stereocenters. The first-order valence-electron chi connectivity index (χ1n) is 5.82. The van der Waals surface area contributed by atoms with Crippen LogP contribution in [0.1, 0.15) is 32.6 Å². The predicted molar refractivity (Wildman–Crippen MR) is 59.1 cm³/mol. The van der Waals surface area contributed by atoms with Crippen LogP contribution in [0.4, 0.5) is 0 Å². The number of nitrogens with two attached hydrogens (primary N) is 1. The summed E-state index contributed by atoms with van der Waals surface area (Å²) in [6.07, 6.45) is 5.06. The Morgan fingerprint density at radius 2 is 2.00 bits per heavy atom. The zero-order chi connectivity index (χ0) is 10.4. The lowest BCUT2D eigenvalue weighted by Crippen LogP contribution is -2.39. The number of rotatable bonds is 5. The minimum Gasteiger partial charge on any atom is -0.396 e. The summed E-state index contributed by atoms with van der Waals surface area (Å²) in [6, 6.07) is 0.399. The highest BCUT2D eigenvalue weighted by Crippen LogP contribution is 2.29. The monoisotopic (exact) mass is 200 g/mol. The Bertz CT molecular complexity index is 152. The van der Waals surface area contributed by atoms with Gasteiger partial charge < -0.3 is 16.2 Å². The van der Waals surface area contributed by atoms with E-state index in [0.717, 1.165) is 6.54 Å². The van der Waals surface area contributed by atoms with E-state index in [1.807, 2.05) is 0 Å². The molecule has 0 bridgehead atoms. The van der Waals surface area contributed by atoms with Crippen LogP contribution < -0.4 is 11.1 Å². The van der Waals surface area contributed by atoms with E-state index < -0.39 is 0 Å². The van der Waals surface area contributed by atoms with E-state index in [1.54, 1.807) is 0 Å². The predicted octanol–water partition coefficient (Wildman–Crippen LogP) is 0.722. The lowest BCUT2D eigenvalue weighted by molar-refractivity contribution is 0.131. The average Bonchev–Trinajstić information content (AvgIpc) is 2.26. The van der Waals surface area contributed by atoms with Crippen molar-refractivity contribution in [3.63, 3.8) is 0 Å². The van der Waals surface area contributed by atoms with Crippen molar-refractivity contribution in [1.29, 1.82) is 0 Å². The number of hydrogen-bond acceptors (Lipinski definition) is 3. The van der Waals surface area contributed by atoms with Crippen LogP contribution in [0.15, 0.2) is 0 Å². The standard InChI is InChI=1S/C11H24N2O/c1-9(6-12)13-7-10-4-2-3-5-11(10)8-14/h9-11,13-14H,2-8,12H2,1H3. The molecule has 14 heavy (non-hydrogen) atoms. The molecular weight excluding hydrogens is 176 g/mol. The molecule has 0 heterocycles. The first kappa shape index (κ1) is 12.0. The van der Waals surface area contributed by atoms with Gasteiger partial charge in [-0.05, 0) is 38.1 Å². The van der Waals surface area contributed by atoms with Crippen molar-refractivity contribution >= 4 is 0 Å². The van der Waals surface area contributed by atoms with Gasteiger partial charge in [-0.25, -0.2) is 0 Å². The maximum atomic E-state index is 9.23. The molecule has 0 aromatic carbocycles. The van der Waals surface area contributed by atoms with Crippen LogP contribution in [0.25, 0.3) is 0 Å². The molecule has 84 valence electrons. The van der Waals surface area contributed by atoms with Crippen LogP contribution in [0.3, 0.4) is 0 Å². The van der Waals surface area contributed by atoms with Crippen LogP contribution >= 0.6 is 0 Å². The molecule has 1 aliphatic carbocycles. The first-order valence-corrected chi connectivity index (χ1v) is 5.82. The van der Waals surface area contributed by atoms with Gasteiger partial charge in [-0.1, -0.05) is 12.8 Å². The van der Waals surface area contributed by atoms with Gasteiger partial charge in [-0.15, -0.1) is 0 Å². The van der Waals surface area contributed by atoms with E-state index in [9.17, 15) is 5.11 Å².